The lowest BCUT2D eigenvalue weighted by Crippen LogP contribution is -2.50. The zero-order chi connectivity index (χ0) is 20.7. The first-order chi connectivity index (χ1) is 14.0. The smallest absolute Gasteiger partial charge is 0.191 e. The monoisotopic (exact) mass is 528 g/mol. The third-order valence-corrected chi connectivity index (χ3v) is 6.54. The first-order valence-electron chi connectivity index (χ1n) is 11.5. The molecule has 2 fully saturated rings. The van der Waals surface area contributed by atoms with Crippen LogP contribution in [0.4, 0.5) is 0 Å². The van der Waals surface area contributed by atoms with E-state index in [0.29, 0.717) is 6.04 Å². The lowest BCUT2D eigenvalue weighted by atomic mass is 9.84. The second-order valence-electron chi connectivity index (χ2n) is 9.20. The van der Waals surface area contributed by atoms with Crippen molar-refractivity contribution in [3.05, 3.63) is 29.8 Å². The fourth-order valence-corrected chi connectivity index (χ4v) is 4.60. The van der Waals surface area contributed by atoms with Crippen LogP contribution in [-0.2, 0) is 5.41 Å². The van der Waals surface area contributed by atoms with Crippen molar-refractivity contribution in [3.8, 4) is 5.75 Å². The summed E-state index contributed by atoms with van der Waals surface area (Å²) in [4.78, 5) is 7.67. The maximum Gasteiger partial charge on any atom is 0.191 e. The molecule has 5 nitrogen and oxygen atoms in total. The van der Waals surface area contributed by atoms with Crippen LogP contribution in [0.3, 0.4) is 0 Å². The summed E-state index contributed by atoms with van der Waals surface area (Å²) in [5, 5.41) is 7.15. The fraction of sp³-hybridized carbons (Fsp3) is 0.708. The summed E-state index contributed by atoms with van der Waals surface area (Å²) in [5.41, 5.74) is 1.20. The summed E-state index contributed by atoms with van der Waals surface area (Å²) < 4.78 is 5.40. The summed E-state index contributed by atoms with van der Waals surface area (Å²) >= 11 is 0. The highest BCUT2D eigenvalue weighted by molar-refractivity contribution is 14.0. The average Bonchev–Trinajstić information content (AvgIpc) is 3.28. The summed E-state index contributed by atoms with van der Waals surface area (Å²) in [6.07, 6.45) is 8.07. The first kappa shape index (κ1) is 25.2. The Morgan fingerprint density at radius 2 is 1.87 bits per heavy atom. The van der Waals surface area contributed by atoms with Gasteiger partial charge in [-0.05, 0) is 50.3 Å². The molecule has 1 saturated heterocycles. The summed E-state index contributed by atoms with van der Waals surface area (Å²) in [6.45, 7) is 10.7. The fourth-order valence-electron chi connectivity index (χ4n) is 4.60. The molecule has 2 N–H and O–H groups in total. The van der Waals surface area contributed by atoms with Crippen molar-refractivity contribution >= 4 is 29.9 Å². The minimum atomic E-state index is -0.0528. The Labute approximate surface area is 200 Å². The number of methoxy groups -OCH3 is 1. The van der Waals surface area contributed by atoms with E-state index < -0.39 is 0 Å². The lowest BCUT2D eigenvalue weighted by Gasteiger charge is -2.36. The number of nitrogens with one attached hydrogen (secondary N) is 2. The van der Waals surface area contributed by atoms with Crippen molar-refractivity contribution in [2.75, 3.05) is 33.3 Å². The van der Waals surface area contributed by atoms with E-state index >= 15 is 0 Å². The highest BCUT2D eigenvalue weighted by Gasteiger charge is 2.27. The van der Waals surface area contributed by atoms with Crippen LogP contribution in [0.1, 0.15) is 64.9 Å². The number of aliphatic imine (C=N–C) groups is 1. The topological polar surface area (TPSA) is 48.9 Å². The molecule has 1 saturated carbocycles. The number of halogens is 1. The predicted molar refractivity (Wildman–Crippen MR) is 137 cm³/mol. The van der Waals surface area contributed by atoms with Gasteiger partial charge < -0.3 is 20.3 Å². The van der Waals surface area contributed by atoms with Crippen molar-refractivity contribution in [2.45, 2.75) is 76.8 Å². The van der Waals surface area contributed by atoms with Crippen LogP contribution in [0.15, 0.2) is 29.3 Å². The van der Waals surface area contributed by atoms with Crippen LogP contribution in [0.25, 0.3) is 0 Å². The van der Waals surface area contributed by atoms with Gasteiger partial charge in [0.15, 0.2) is 5.96 Å². The van der Waals surface area contributed by atoms with Gasteiger partial charge in [-0.3, -0.25) is 4.99 Å². The minimum absolute atomic E-state index is 0. The molecule has 0 spiro atoms. The summed E-state index contributed by atoms with van der Waals surface area (Å²) in [5.74, 6) is 1.85. The van der Waals surface area contributed by atoms with E-state index in [0.717, 1.165) is 30.8 Å². The van der Waals surface area contributed by atoms with Crippen molar-refractivity contribution < 1.29 is 4.74 Å². The molecule has 1 aromatic carbocycles. The zero-order valence-corrected chi connectivity index (χ0v) is 21.6. The number of hydrogen-bond acceptors (Lipinski definition) is 3. The van der Waals surface area contributed by atoms with Gasteiger partial charge in [-0.1, -0.05) is 38.8 Å². The van der Waals surface area contributed by atoms with E-state index in [1.54, 1.807) is 7.11 Å². The Balaban J connectivity index is 0.00000320. The molecule has 1 aliphatic heterocycles. The third kappa shape index (κ3) is 7.01. The van der Waals surface area contributed by atoms with Gasteiger partial charge >= 0.3 is 0 Å². The molecular formula is C24H41IN4O. The predicted octanol–water partition coefficient (Wildman–Crippen LogP) is 4.55. The Morgan fingerprint density at radius 1 is 1.17 bits per heavy atom. The molecule has 1 aliphatic carbocycles. The zero-order valence-electron chi connectivity index (χ0n) is 19.2. The van der Waals surface area contributed by atoms with Crippen molar-refractivity contribution in [3.63, 3.8) is 0 Å². The number of hydrogen-bond donors (Lipinski definition) is 2. The minimum Gasteiger partial charge on any atom is -0.497 e. The average molecular weight is 529 g/mol. The van der Waals surface area contributed by atoms with E-state index in [1.807, 2.05) is 6.07 Å². The SMILES string of the molecule is CCNC(=NCC(C)(C)c1cccc(OC)c1)NC1CCN(C2CCCC2)CC1.I. The normalized spacial score (nSPS) is 19.4. The van der Waals surface area contributed by atoms with Gasteiger partial charge in [0.05, 0.1) is 13.7 Å². The molecule has 170 valence electrons. The molecule has 0 unspecified atom stereocenters. The van der Waals surface area contributed by atoms with Gasteiger partial charge in [-0.15, -0.1) is 24.0 Å². The van der Waals surface area contributed by atoms with Crippen LogP contribution in [0.2, 0.25) is 0 Å². The van der Waals surface area contributed by atoms with E-state index in [1.165, 1.54) is 57.2 Å². The van der Waals surface area contributed by atoms with Gasteiger partial charge in [-0.2, -0.15) is 0 Å². The third-order valence-electron chi connectivity index (χ3n) is 6.54. The van der Waals surface area contributed by atoms with Crippen LogP contribution < -0.4 is 15.4 Å². The van der Waals surface area contributed by atoms with Gasteiger partial charge in [0.1, 0.15) is 5.75 Å². The highest BCUT2D eigenvalue weighted by atomic mass is 127. The van der Waals surface area contributed by atoms with E-state index in [-0.39, 0.29) is 29.4 Å². The molecule has 0 atom stereocenters. The number of piperidine rings is 1. The molecule has 30 heavy (non-hydrogen) atoms. The number of likely N-dealkylation sites (tertiary alicyclic amines) is 1. The molecule has 1 heterocycles. The summed E-state index contributed by atoms with van der Waals surface area (Å²) in [6, 6.07) is 9.70. The van der Waals surface area contributed by atoms with Gasteiger partial charge in [0, 0.05) is 37.1 Å². The van der Waals surface area contributed by atoms with Crippen molar-refractivity contribution in [1.82, 2.24) is 15.5 Å². The number of nitrogens with zero attached hydrogens (tertiary/aromatic N) is 2. The Hall–Kier alpha value is -1.02. The number of benzene rings is 1. The van der Waals surface area contributed by atoms with Gasteiger partial charge in [0.25, 0.3) is 0 Å². The van der Waals surface area contributed by atoms with E-state index in [9.17, 15) is 0 Å². The van der Waals surface area contributed by atoms with Crippen molar-refractivity contribution in [1.29, 1.82) is 0 Å². The Kier molecular flexibility index (Phi) is 10.2. The number of rotatable bonds is 7. The van der Waals surface area contributed by atoms with E-state index in [4.69, 9.17) is 9.73 Å². The molecular weight excluding hydrogens is 487 g/mol. The van der Waals surface area contributed by atoms with Crippen LogP contribution in [0, 0.1) is 0 Å². The maximum atomic E-state index is 5.40. The van der Waals surface area contributed by atoms with Crippen LogP contribution in [0.5, 0.6) is 5.75 Å². The molecule has 0 aromatic heterocycles. The summed E-state index contributed by atoms with van der Waals surface area (Å²) in [7, 11) is 1.72. The van der Waals surface area contributed by atoms with Gasteiger partial charge in [0.2, 0.25) is 0 Å². The lowest BCUT2D eigenvalue weighted by molar-refractivity contribution is 0.150. The maximum absolute atomic E-state index is 5.40. The standard InChI is InChI=1S/C24H40N4O.HI/c1-5-25-23(26-18-24(2,3)19-9-8-12-22(17-19)29-4)27-20-13-15-28(16-14-20)21-10-6-7-11-21;/h8-9,12,17,20-21H,5-7,10-11,13-16,18H2,1-4H3,(H2,25,26,27);1H. The molecule has 6 heteroatoms. The Morgan fingerprint density at radius 3 is 2.50 bits per heavy atom. The Bertz CT molecular complexity index is 665. The van der Waals surface area contributed by atoms with E-state index in [2.05, 4.69) is 54.5 Å². The molecule has 2 aliphatic rings. The largest absolute Gasteiger partial charge is 0.497 e. The molecule has 1 aromatic rings. The number of guanidine groups is 1. The molecule has 0 amide bonds. The second kappa shape index (κ2) is 12.1. The molecule has 0 bridgehead atoms. The van der Waals surface area contributed by atoms with Crippen LogP contribution in [-0.4, -0.2) is 56.2 Å². The first-order valence-corrected chi connectivity index (χ1v) is 11.5. The quantitative estimate of drug-likeness (QED) is 0.310. The second-order valence-corrected chi connectivity index (χ2v) is 9.20. The molecule has 3 rings (SSSR count). The number of ether oxygens (including phenoxy) is 1. The molecule has 0 radical (unpaired) electrons. The van der Waals surface area contributed by atoms with Crippen molar-refractivity contribution in [2.24, 2.45) is 4.99 Å². The van der Waals surface area contributed by atoms with Crippen LogP contribution >= 0.6 is 24.0 Å². The highest BCUT2D eigenvalue weighted by Crippen LogP contribution is 2.27. The van der Waals surface area contributed by atoms with Gasteiger partial charge in [-0.25, -0.2) is 0 Å².